The lowest BCUT2D eigenvalue weighted by molar-refractivity contribution is 0.100. The van der Waals surface area contributed by atoms with Crippen LogP contribution in [0, 0.1) is 0 Å². The molecule has 6 heteroatoms. The Labute approximate surface area is 133 Å². The molecule has 0 bridgehead atoms. The van der Waals surface area contributed by atoms with E-state index < -0.39 is 5.91 Å². The van der Waals surface area contributed by atoms with E-state index in [9.17, 15) is 4.79 Å². The Morgan fingerprint density at radius 2 is 1.39 bits per heavy atom. The molecule has 0 aliphatic heterocycles. The topological polar surface area (TPSA) is 85.3 Å². The summed E-state index contributed by atoms with van der Waals surface area (Å²) in [5.74, 6) is 0.376. The van der Waals surface area contributed by atoms with E-state index in [0.29, 0.717) is 17.3 Å². The predicted octanol–water partition coefficient (Wildman–Crippen LogP) is 2.57. The molecule has 2 aromatic carbocycles. The molecule has 3 rings (SSSR count). The number of carbonyl (C=O) groups excluding carboxylic acids is 1. The fraction of sp³-hybridized carbons (Fsp3) is 0.118. The van der Waals surface area contributed by atoms with Crippen LogP contribution in [0.2, 0.25) is 0 Å². The summed E-state index contributed by atoms with van der Waals surface area (Å²) < 4.78 is 5.70. The summed E-state index contributed by atoms with van der Waals surface area (Å²) in [6, 6.07) is 14.6. The Kier molecular flexibility index (Phi) is 3.80. The maximum atomic E-state index is 11.1. The highest BCUT2D eigenvalue weighted by Gasteiger charge is 2.11. The zero-order valence-corrected chi connectivity index (χ0v) is 12.9. The Morgan fingerprint density at radius 1 is 0.913 bits per heavy atom. The van der Waals surface area contributed by atoms with Crippen molar-refractivity contribution < 1.29 is 9.21 Å². The van der Waals surface area contributed by atoms with E-state index in [4.69, 9.17) is 10.2 Å². The molecule has 1 aromatic heterocycles. The van der Waals surface area contributed by atoms with E-state index in [2.05, 4.69) is 10.2 Å². The van der Waals surface area contributed by atoms with Gasteiger partial charge in [-0.05, 0) is 48.5 Å². The number of anilines is 1. The minimum absolute atomic E-state index is 0.396. The van der Waals surface area contributed by atoms with Gasteiger partial charge in [0.2, 0.25) is 17.7 Å². The lowest BCUT2D eigenvalue weighted by atomic mass is 10.1. The number of primary amides is 1. The van der Waals surface area contributed by atoms with E-state index >= 15 is 0 Å². The van der Waals surface area contributed by atoms with Crippen LogP contribution >= 0.6 is 0 Å². The largest absolute Gasteiger partial charge is 0.416 e. The number of amides is 1. The maximum Gasteiger partial charge on any atom is 0.248 e. The number of benzene rings is 2. The van der Waals surface area contributed by atoms with Crippen LogP contribution in [0.15, 0.2) is 52.9 Å². The molecule has 23 heavy (non-hydrogen) atoms. The highest BCUT2D eigenvalue weighted by atomic mass is 16.4. The smallest absolute Gasteiger partial charge is 0.248 e. The second kappa shape index (κ2) is 5.92. The van der Waals surface area contributed by atoms with Gasteiger partial charge < -0.3 is 15.1 Å². The van der Waals surface area contributed by atoms with Crippen molar-refractivity contribution in [3.05, 3.63) is 54.1 Å². The quantitative estimate of drug-likeness (QED) is 0.800. The van der Waals surface area contributed by atoms with Crippen molar-refractivity contribution in [3.8, 4) is 22.9 Å². The monoisotopic (exact) mass is 308 g/mol. The highest BCUT2D eigenvalue weighted by Crippen LogP contribution is 2.25. The molecular formula is C17H16N4O2. The third-order valence-electron chi connectivity index (χ3n) is 3.47. The number of carbonyl (C=O) groups is 1. The van der Waals surface area contributed by atoms with E-state index in [1.54, 1.807) is 24.3 Å². The van der Waals surface area contributed by atoms with Gasteiger partial charge in [-0.1, -0.05) is 0 Å². The molecule has 0 atom stereocenters. The van der Waals surface area contributed by atoms with Crippen LogP contribution in [0.5, 0.6) is 0 Å². The van der Waals surface area contributed by atoms with Crippen LogP contribution in [-0.2, 0) is 0 Å². The van der Waals surface area contributed by atoms with Gasteiger partial charge in [-0.3, -0.25) is 4.79 Å². The molecule has 0 saturated carbocycles. The van der Waals surface area contributed by atoms with Crippen molar-refractivity contribution in [1.29, 1.82) is 0 Å². The maximum absolute atomic E-state index is 11.1. The zero-order chi connectivity index (χ0) is 16.4. The first-order chi connectivity index (χ1) is 11.0. The lowest BCUT2D eigenvalue weighted by Crippen LogP contribution is -2.10. The van der Waals surface area contributed by atoms with Gasteiger partial charge in [-0.15, -0.1) is 10.2 Å². The molecule has 116 valence electrons. The van der Waals surface area contributed by atoms with Crippen LogP contribution in [-0.4, -0.2) is 30.2 Å². The Bertz CT molecular complexity index is 821. The molecule has 1 amide bonds. The minimum atomic E-state index is -0.469. The van der Waals surface area contributed by atoms with Gasteiger partial charge in [0.1, 0.15) is 0 Å². The zero-order valence-electron chi connectivity index (χ0n) is 12.9. The van der Waals surface area contributed by atoms with Crippen LogP contribution in [0.3, 0.4) is 0 Å². The van der Waals surface area contributed by atoms with E-state index in [1.165, 1.54) is 0 Å². The SMILES string of the molecule is CN(C)c1ccc(-c2nnc(-c3ccc(C(N)=O)cc3)o2)cc1. The van der Waals surface area contributed by atoms with Crippen LogP contribution in [0.1, 0.15) is 10.4 Å². The van der Waals surface area contributed by atoms with Crippen molar-refractivity contribution in [2.45, 2.75) is 0 Å². The minimum Gasteiger partial charge on any atom is -0.416 e. The van der Waals surface area contributed by atoms with Crippen molar-refractivity contribution in [2.75, 3.05) is 19.0 Å². The summed E-state index contributed by atoms with van der Waals surface area (Å²) in [7, 11) is 3.96. The van der Waals surface area contributed by atoms with E-state index in [0.717, 1.165) is 16.8 Å². The van der Waals surface area contributed by atoms with Crippen LogP contribution in [0.25, 0.3) is 22.9 Å². The van der Waals surface area contributed by atoms with Crippen molar-refractivity contribution >= 4 is 11.6 Å². The molecule has 2 N–H and O–H groups in total. The Morgan fingerprint density at radius 3 is 1.83 bits per heavy atom. The predicted molar refractivity (Wildman–Crippen MR) is 88.0 cm³/mol. The molecule has 0 fully saturated rings. The third-order valence-corrected chi connectivity index (χ3v) is 3.47. The second-order valence-electron chi connectivity index (χ2n) is 5.30. The average Bonchev–Trinajstić information content (AvgIpc) is 3.05. The number of nitrogens with two attached hydrogens (primary N) is 1. The first kappa shape index (κ1) is 14.8. The van der Waals surface area contributed by atoms with E-state index in [1.807, 2.05) is 43.3 Å². The molecule has 0 spiro atoms. The third kappa shape index (κ3) is 3.06. The number of nitrogens with zero attached hydrogens (tertiary/aromatic N) is 3. The molecule has 6 nitrogen and oxygen atoms in total. The number of aromatic nitrogens is 2. The van der Waals surface area contributed by atoms with Gasteiger partial charge in [0.25, 0.3) is 0 Å². The molecule has 0 radical (unpaired) electrons. The van der Waals surface area contributed by atoms with Crippen molar-refractivity contribution in [1.82, 2.24) is 10.2 Å². The van der Waals surface area contributed by atoms with E-state index in [-0.39, 0.29) is 0 Å². The first-order valence-corrected chi connectivity index (χ1v) is 7.06. The number of hydrogen-bond acceptors (Lipinski definition) is 5. The van der Waals surface area contributed by atoms with Crippen LogP contribution < -0.4 is 10.6 Å². The van der Waals surface area contributed by atoms with Crippen molar-refractivity contribution in [2.24, 2.45) is 5.73 Å². The van der Waals surface area contributed by atoms with Gasteiger partial charge in [0, 0.05) is 36.5 Å². The first-order valence-electron chi connectivity index (χ1n) is 7.06. The summed E-state index contributed by atoms with van der Waals surface area (Å²) in [5.41, 5.74) is 8.34. The van der Waals surface area contributed by atoms with Gasteiger partial charge in [-0.25, -0.2) is 0 Å². The van der Waals surface area contributed by atoms with Gasteiger partial charge >= 0.3 is 0 Å². The normalized spacial score (nSPS) is 10.5. The average molecular weight is 308 g/mol. The molecular weight excluding hydrogens is 292 g/mol. The van der Waals surface area contributed by atoms with Crippen LogP contribution in [0.4, 0.5) is 5.69 Å². The standard InChI is InChI=1S/C17H16N4O2/c1-21(2)14-9-7-13(8-10-14)17-20-19-16(23-17)12-5-3-11(4-6-12)15(18)22/h3-10H,1-2H3,(H2,18,22). The highest BCUT2D eigenvalue weighted by molar-refractivity contribution is 5.93. The Hall–Kier alpha value is -3.15. The van der Waals surface area contributed by atoms with Gasteiger partial charge in [-0.2, -0.15) is 0 Å². The summed E-state index contributed by atoms with van der Waals surface area (Å²) in [6.45, 7) is 0. The summed E-state index contributed by atoms with van der Waals surface area (Å²) in [4.78, 5) is 13.1. The molecule has 3 aromatic rings. The summed E-state index contributed by atoms with van der Waals surface area (Å²) in [6.07, 6.45) is 0. The fourth-order valence-corrected chi connectivity index (χ4v) is 2.14. The fourth-order valence-electron chi connectivity index (χ4n) is 2.14. The number of rotatable bonds is 4. The Balaban J connectivity index is 1.86. The van der Waals surface area contributed by atoms with Crippen molar-refractivity contribution in [3.63, 3.8) is 0 Å². The molecule has 0 aliphatic rings. The molecule has 0 aliphatic carbocycles. The lowest BCUT2D eigenvalue weighted by Gasteiger charge is -2.11. The summed E-state index contributed by atoms with van der Waals surface area (Å²) in [5, 5.41) is 8.12. The van der Waals surface area contributed by atoms with Gasteiger partial charge in [0.15, 0.2) is 0 Å². The molecule has 0 saturated heterocycles. The molecule has 1 heterocycles. The summed E-state index contributed by atoms with van der Waals surface area (Å²) >= 11 is 0. The van der Waals surface area contributed by atoms with Gasteiger partial charge in [0.05, 0.1) is 0 Å². The molecule has 0 unspecified atom stereocenters. The number of hydrogen-bond donors (Lipinski definition) is 1. The second-order valence-corrected chi connectivity index (χ2v) is 5.30.